The van der Waals surface area contributed by atoms with E-state index < -0.39 is 0 Å². The lowest BCUT2D eigenvalue weighted by molar-refractivity contribution is -0.384. The highest BCUT2D eigenvalue weighted by molar-refractivity contribution is 14.1. The minimum absolute atomic E-state index is 0.226. The summed E-state index contributed by atoms with van der Waals surface area (Å²) in [6.45, 7) is 1.86. The van der Waals surface area contributed by atoms with Crippen LogP contribution in [-0.2, 0) is 0 Å². The summed E-state index contributed by atoms with van der Waals surface area (Å²) in [6, 6.07) is 5.40. The molecule has 0 amide bonds. The fourth-order valence-corrected chi connectivity index (χ4v) is 2.34. The molecule has 1 aromatic rings. The summed E-state index contributed by atoms with van der Waals surface area (Å²) < 4.78 is 0.905. The van der Waals surface area contributed by atoms with Crippen molar-refractivity contribution >= 4 is 34.0 Å². The lowest BCUT2D eigenvalue weighted by Gasteiger charge is -2.17. The first-order valence-corrected chi connectivity index (χ1v) is 5.95. The quantitative estimate of drug-likeness (QED) is 0.478. The third kappa shape index (κ3) is 2.22. The molecule has 1 heterocycles. The molecule has 1 fully saturated rings. The van der Waals surface area contributed by atoms with E-state index in [9.17, 15) is 10.1 Å². The second-order valence-electron chi connectivity index (χ2n) is 3.58. The van der Waals surface area contributed by atoms with Gasteiger partial charge in [-0.05, 0) is 47.6 Å². The number of nitrogens with zero attached hydrogens (tertiary/aromatic N) is 2. The van der Waals surface area contributed by atoms with Gasteiger partial charge < -0.3 is 4.90 Å². The maximum Gasteiger partial charge on any atom is 0.293 e. The maximum absolute atomic E-state index is 10.9. The number of nitro benzene ring substituents is 1. The Morgan fingerprint density at radius 2 is 2.00 bits per heavy atom. The predicted octanol–water partition coefficient (Wildman–Crippen LogP) is 2.80. The van der Waals surface area contributed by atoms with E-state index in [1.54, 1.807) is 6.07 Å². The summed E-state index contributed by atoms with van der Waals surface area (Å²) in [6.07, 6.45) is 2.26. The van der Waals surface area contributed by atoms with E-state index in [-0.39, 0.29) is 10.6 Å². The molecule has 0 aromatic heterocycles. The van der Waals surface area contributed by atoms with Gasteiger partial charge in [0.05, 0.1) is 4.92 Å². The van der Waals surface area contributed by atoms with E-state index in [2.05, 4.69) is 27.5 Å². The van der Waals surface area contributed by atoms with Crippen LogP contribution in [0.15, 0.2) is 18.2 Å². The molecule has 0 radical (unpaired) electrons. The first-order chi connectivity index (χ1) is 7.18. The van der Waals surface area contributed by atoms with Crippen molar-refractivity contribution in [3.63, 3.8) is 0 Å². The van der Waals surface area contributed by atoms with Crippen LogP contribution in [0.2, 0.25) is 0 Å². The number of anilines is 1. The van der Waals surface area contributed by atoms with E-state index in [0.29, 0.717) is 0 Å². The number of nitro groups is 1. The van der Waals surface area contributed by atoms with Crippen molar-refractivity contribution in [3.8, 4) is 0 Å². The highest BCUT2D eigenvalue weighted by Gasteiger charge is 2.21. The lowest BCUT2D eigenvalue weighted by atomic mass is 10.2. The molecular weight excluding hydrogens is 307 g/mol. The minimum atomic E-state index is -0.296. The number of hydrogen-bond acceptors (Lipinski definition) is 3. The molecule has 5 heteroatoms. The molecule has 1 saturated heterocycles. The van der Waals surface area contributed by atoms with E-state index >= 15 is 0 Å². The molecule has 0 unspecified atom stereocenters. The van der Waals surface area contributed by atoms with Crippen LogP contribution >= 0.6 is 22.6 Å². The standard InChI is InChI=1S/C10H11IN2O2/c11-8-3-4-9(10(7-8)13(14)15)12-5-1-2-6-12/h3-4,7H,1-2,5-6H2. The Kier molecular flexibility index (Phi) is 3.08. The Morgan fingerprint density at radius 3 is 2.60 bits per heavy atom. The normalized spacial score (nSPS) is 15.7. The van der Waals surface area contributed by atoms with Crippen molar-refractivity contribution in [3.05, 3.63) is 31.9 Å². The van der Waals surface area contributed by atoms with Crippen LogP contribution in [-0.4, -0.2) is 18.0 Å². The molecule has 1 aliphatic rings. The highest BCUT2D eigenvalue weighted by atomic mass is 127. The Bertz CT molecular complexity index is 389. The third-order valence-corrected chi connectivity index (χ3v) is 3.25. The van der Waals surface area contributed by atoms with Gasteiger partial charge in [-0.1, -0.05) is 0 Å². The smallest absolute Gasteiger partial charge is 0.293 e. The molecule has 0 atom stereocenters. The van der Waals surface area contributed by atoms with Crippen LogP contribution < -0.4 is 4.90 Å². The Labute approximate surface area is 102 Å². The predicted molar refractivity (Wildman–Crippen MR) is 67.3 cm³/mol. The molecule has 2 rings (SSSR count). The SMILES string of the molecule is O=[N+]([O-])c1cc(I)ccc1N1CCCC1. The molecule has 80 valence electrons. The molecule has 4 nitrogen and oxygen atoms in total. The van der Waals surface area contributed by atoms with E-state index in [4.69, 9.17) is 0 Å². The van der Waals surface area contributed by atoms with Crippen LogP contribution in [0.3, 0.4) is 0 Å². The van der Waals surface area contributed by atoms with Crippen molar-refractivity contribution in [2.45, 2.75) is 12.8 Å². The molecule has 0 N–H and O–H groups in total. The van der Waals surface area contributed by atoms with Crippen LogP contribution in [0.25, 0.3) is 0 Å². The average molecular weight is 318 g/mol. The van der Waals surface area contributed by atoms with Gasteiger partial charge in [-0.2, -0.15) is 0 Å². The zero-order chi connectivity index (χ0) is 10.8. The molecule has 1 aromatic carbocycles. The summed E-state index contributed by atoms with van der Waals surface area (Å²) in [5.41, 5.74) is 0.988. The molecule has 15 heavy (non-hydrogen) atoms. The topological polar surface area (TPSA) is 46.4 Å². The second-order valence-corrected chi connectivity index (χ2v) is 4.83. The summed E-state index contributed by atoms with van der Waals surface area (Å²) in [5, 5.41) is 10.9. The summed E-state index contributed by atoms with van der Waals surface area (Å²) >= 11 is 2.10. The molecular formula is C10H11IN2O2. The molecule has 1 aliphatic heterocycles. The van der Waals surface area contributed by atoms with Gasteiger partial charge in [-0.15, -0.1) is 0 Å². The van der Waals surface area contributed by atoms with Gasteiger partial charge >= 0.3 is 0 Å². The Morgan fingerprint density at radius 1 is 1.33 bits per heavy atom. The monoisotopic (exact) mass is 318 g/mol. The lowest BCUT2D eigenvalue weighted by Crippen LogP contribution is -2.18. The Balaban J connectivity index is 2.40. The van der Waals surface area contributed by atoms with Gasteiger partial charge in [0.15, 0.2) is 0 Å². The summed E-state index contributed by atoms with van der Waals surface area (Å²) in [5.74, 6) is 0. The molecule has 0 saturated carbocycles. The van der Waals surface area contributed by atoms with E-state index in [1.807, 2.05) is 12.1 Å². The average Bonchev–Trinajstić information content (AvgIpc) is 2.70. The zero-order valence-electron chi connectivity index (χ0n) is 8.15. The van der Waals surface area contributed by atoms with Crippen LogP contribution in [0, 0.1) is 13.7 Å². The van der Waals surface area contributed by atoms with Crippen molar-refractivity contribution in [2.75, 3.05) is 18.0 Å². The third-order valence-electron chi connectivity index (χ3n) is 2.58. The van der Waals surface area contributed by atoms with Crippen molar-refractivity contribution in [1.29, 1.82) is 0 Å². The maximum atomic E-state index is 10.9. The van der Waals surface area contributed by atoms with Gasteiger partial charge in [0.25, 0.3) is 5.69 Å². The largest absolute Gasteiger partial charge is 0.366 e. The fourth-order valence-electron chi connectivity index (χ4n) is 1.87. The summed E-state index contributed by atoms with van der Waals surface area (Å²) in [7, 11) is 0. The first-order valence-electron chi connectivity index (χ1n) is 4.87. The minimum Gasteiger partial charge on any atom is -0.366 e. The molecule has 0 bridgehead atoms. The van der Waals surface area contributed by atoms with Crippen molar-refractivity contribution in [2.24, 2.45) is 0 Å². The highest BCUT2D eigenvalue weighted by Crippen LogP contribution is 2.31. The summed E-state index contributed by atoms with van der Waals surface area (Å²) in [4.78, 5) is 12.7. The van der Waals surface area contributed by atoms with Crippen LogP contribution in [0.5, 0.6) is 0 Å². The van der Waals surface area contributed by atoms with Gasteiger partial charge in [0, 0.05) is 22.7 Å². The van der Waals surface area contributed by atoms with Gasteiger partial charge in [0.1, 0.15) is 5.69 Å². The zero-order valence-corrected chi connectivity index (χ0v) is 10.3. The Hall–Kier alpha value is -0.850. The van der Waals surface area contributed by atoms with Crippen molar-refractivity contribution < 1.29 is 4.92 Å². The van der Waals surface area contributed by atoms with Crippen LogP contribution in [0.1, 0.15) is 12.8 Å². The number of benzene rings is 1. The second kappa shape index (κ2) is 4.34. The van der Waals surface area contributed by atoms with Gasteiger partial charge in [0.2, 0.25) is 0 Å². The van der Waals surface area contributed by atoms with Gasteiger partial charge in [-0.25, -0.2) is 0 Å². The number of rotatable bonds is 2. The van der Waals surface area contributed by atoms with E-state index in [1.165, 1.54) is 0 Å². The first kappa shape index (κ1) is 10.7. The fraction of sp³-hybridized carbons (Fsp3) is 0.400. The van der Waals surface area contributed by atoms with Crippen LogP contribution in [0.4, 0.5) is 11.4 Å². The molecule has 0 spiro atoms. The number of halogens is 1. The van der Waals surface area contributed by atoms with E-state index in [0.717, 1.165) is 35.2 Å². The number of hydrogen-bond donors (Lipinski definition) is 0. The van der Waals surface area contributed by atoms with Gasteiger partial charge in [-0.3, -0.25) is 10.1 Å². The molecule has 0 aliphatic carbocycles. The van der Waals surface area contributed by atoms with Crippen molar-refractivity contribution in [1.82, 2.24) is 0 Å².